The predicted octanol–water partition coefficient (Wildman–Crippen LogP) is 3.37. The van der Waals surface area contributed by atoms with Crippen LogP contribution in [0.1, 0.15) is 62.1 Å². The van der Waals surface area contributed by atoms with Crippen LogP contribution in [0.5, 0.6) is 0 Å². The number of rotatable bonds is 5. The van der Waals surface area contributed by atoms with Crippen molar-refractivity contribution in [2.45, 2.75) is 63.9 Å². The Labute approximate surface area is 136 Å². The zero-order valence-electron chi connectivity index (χ0n) is 13.4. The number of carbonyl (C=O) groups excluding carboxylic acids is 1. The first-order valence-corrected chi connectivity index (χ1v) is 9.48. The topological polar surface area (TPSA) is 42.4 Å². The van der Waals surface area contributed by atoms with Crippen LogP contribution in [0.15, 0.2) is 5.38 Å². The van der Waals surface area contributed by atoms with E-state index in [0.717, 1.165) is 45.2 Å². The summed E-state index contributed by atoms with van der Waals surface area (Å²) in [6, 6.07) is 0. The smallest absolute Gasteiger partial charge is 0.248 e. The monoisotopic (exact) mass is 322 g/mol. The fourth-order valence-electron chi connectivity index (χ4n) is 3.41. The van der Waals surface area contributed by atoms with Crippen LogP contribution in [0.3, 0.4) is 0 Å². The van der Waals surface area contributed by atoms with E-state index >= 15 is 0 Å². The van der Waals surface area contributed by atoms with Crippen LogP contribution >= 0.6 is 11.3 Å². The quantitative estimate of drug-likeness (QED) is 0.834. The summed E-state index contributed by atoms with van der Waals surface area (Å²) >= 11 is 1.75. The van der Waals surface area contributed by atoms with Gasteiger partial charge in [-0.3, -0.25) is 4.79 Å². The summed E-state index contributed by atoms with van der Waals surface area (Å²) in [4.78, 5) is 19.1. The molecule has 4 nitrogen and oxygen atoms in total. The van der Waals surface area contributed by atoms with Crippen molar-refractivity contribution in [1.29, 1.82) is 0 Å². The second-order valence-corrected chi connectivity index (χ2v) is 7.32. The van der Waals surface area contributed by atoms with Crippen molar-refractivity contribution in [2.75, 3.05) is 19.7 Å². The van der Waals surface area contributed by atoms with Crippen LogP contribution in [0.2, 0.25) is 0 Å². The van der Waals surface area contributed by atoms with E-state index in [2.05, 4.69) is 12.3 Å². The van der Waals surface area contributed by atoms with Gasteiger partial charge in [0.05, 0.1) is 16.8 Å². The van der Waals surface area contributed by atoms with Gasteiger partial charge in [-0.25, -0.2) is 4.98 Å². The molecule has 5 heteroatoms. The molecule has 0 bridgehead atoms. The average molecular weight is 322 g/mol. The lowest BCUT2D eigenvalue weighted by Gasteiger charge is -2.32. The van der Waals surface area contributed by atoms with Crippen LogP contribution in [-0.2, 0) is 16.0 Å². The van der Waals surface area contributed by atoms with E-state index in [1.54, 1.807) is 11.3 Å². The van der Waals surface area contributed by atoms with E-state index in [4.69, 9.17) is 9.72 Å². The average Bonchev–Trinajstić information content (AvgIpc) is 3.24. The molecule has 22 heavy (non-hydrogen) atoms. The van der Waals surface area contributed by atoms with Gasteiger partial charge >= 0.3 is 0 Å². The Hall–Kier alpha value is -0.940. The van der Waals surface area contributed by atoms with Crippen molar-refractivity contribution in [2.24, 2.45) is 0 Å². The highest BCUT2D eigenvalue weighted by molar-refractivity contribution is 7.09. The summed E-state index contributed by atoms with van der Waals surface area (Å²) in [5.41, 5.74) is 1.17. The number of likely N-dealkylation sites (tertiary alicyclic amines) is 1. The van der Waals surface area contributed by atoms with Crippen molar-refractivity contribution < 1.29 is 9.53 Å². The van der Waals surface area contributed by atoms with Crippen molar-refractivity contribution in [3.63, 3.8) is 0 Å². The van der Waals surface area contributed by atoms with Gasteiger partial charge in [0.2, 0.25) is 5.91 Å². The Kier molecular flexibility index (Phi) is 5.47. The third-order valence-corrected chi connectivity index (χ3v) is 5.86. The largest absolute Gasteiger partial charge is 0.368 e. The molecule has 0 radical (unpaired) electrons. The lowest BCUT2D eigenvalue weighted by atomic mass is 9.98. The van der Waals surface area contributed by atoms with E-state index in [0.29, 0.717) is 12.0 Å². The van der Waals surface area contributed by atoms with Gasteiger partial charge in [0.15, 0.2) is 0 Å². The van der Waals surface area contributed by atoms with E-state index in [1.807, 2.05) is 4.90 Å². The molecule has 1 aromatic rings. The van der Waals surface area contributed by atoms with Gasteiger partial charge in [0, 0.05) is 24.4 Å². The molecular formula is C17H26N2O2S. The maximum Gasteiger partial charge on any atom is 0.248 e. The number of carbonyl (C=O) groups is 1. The highest BCUT2D eigenvalue weighted by Crippen LogP contribution is 2.29. The number of aromatic nitrogens is 1. The SMILES string of the molecule is CCc1csc([C@@H]2CCCN(C(=O)COC3CCCC3)C2)n1. The Bertz CT molecular complexity index is 497. The molecule has 2 fully saturated rings. The molecule has 1 aromatic heterocycles. The highest BCUT2D eigenvalue weighted by Gasteiger charge is 2.27. The molecule has 0 aromatic carbocycles. The molecule has 0 spiro atoms. The van der Waals surface area contributed by atoms with Crippen LogP contribution in [-0.4, -0.2) is 41.6 Å². The summed E-state index contributed by atoms with van der Waals surface area (Å²) in [5, 5.41) is 3.35. The molecule has 0 unspecified atom stereocenters. The normalized spacial score (nSPS) is 23.1. The zero-order valence-corrected chi connectivity index (χ0v) is 14.2. The van der Waals surface area contributed by atoms with Gasteiger partial charge in [-0.05, 0) is 32.1 Å². The van der Waals surface area contributed by atoms with E-state index in [9.17, 15) is 4.79 Å². The minimum atomic E-state index is 0.156. The molecule has 2 heterocycles. The lowest BCUT2D eigenvalue weighted by molar-refractivity contribution is -0.139. The number of hydrogen-bond acceptors (Lipinski definition) is 4. The molecule has 1 aliphatic heterocycles. The minimum Gasteiger partial charge on any atom is -0.368 e. The van der Waals surface area contributed by atoms with Gasteiger partial charge in [-0.2, -0.15) is 0 Å². The minimum absolute atomic E-state index is 0.156. The summed E-state index contributed by atoms with van der Waals surface area (Å²) in [6.07, 6.45) is 8.24. The molecular weight excluding hydrogens is 296 g/mol. The zero-order chi connectivity index (χ0) is 15.4. The van der Waals surface area contributed by atoms with Crippen molar-refractivity contribution in [3.05, 3.63) is 16.1 Å². The molecule has 3 rings (SSSR count). The first-order valence-electron chi connectivity index (χ1n) is 8.60. The maximum absolute atomic E-state index is 12.4. The number of aryl methyl sites for hydroxylation is 1. The number of hydrogen-bond donors (Lipinski definition) is 0. The fraction of sp³-hybridized carbons (Fsp3) is 0.765. The Morgan fingerprint density at radius 2 is 2.18 bits per heavy atom. The van der Waals surface area contributed by atoms with Gasteiger partial charge in [-0.1, -0.05) is 19.8 Å². The second-order valence-electron chi connectivity index (χ2n) is 6.43. The molecule has 122 valence electrons. The summed E-state index contributed by atoms with van der Waals surface area (Å²) < 4.78 is 5.78. The molecule has 1 saturated carbocycles. The van der Waals surface area contributed by atoms with E-state index in [1.165, 1.54) is 23.5 Å². The first kappa shape index (κ1) is 15.9. The van der Waals surface area contributed by atoms with Crippen molar-refractivity contribution in [1.82, 2.24) is 9.88 Å². The van der Waals surface area contributed by atoms with E-state index < -0.39 is 0 Å². The molecule has 1 amide bonds. The highest BCUT2D eigenvalue weighted by atomic mass is 32.1. The van der Waals surface area contributed by atoms with Crippen LogP contribution < -0.4 is 0 Å². The molecule has 0 N–H and O–H groups in total. The second kappa shape index (κ2) is 7.55. The summed E-state index contributed by atoms with van der Waals surface area (Å²) in [7, 11) is 0. The van der Waals surface area contributed by atoms with E-state index in [-0.39, 0.29) is 12.5 Å². The van der Waals surface area contributed by atoms with Crippen molar-refractivity contribution in [3.8, 4) is 0 Å². The molecule has 1 saturated heterocycles. The molecule has 1 atom stereocenters. The molecule has 2 aliphatic rings. The summed E-state index contributed by atoms with van der Waals surface area (Å²) in [6.45, 7) is 4.07. The standard InChI is InChI=1S/C17H26N2O2S/c1-2-14-12-22-17(18-14)13-6-5-9-19(10-13)16(20)11-21-15-7-3-4-8-15/h12-13,15H,2-11H2,1H3/t13-/m1/s1. The fourth-order valence-corrected chi connectivity index (χ4v) is 4.44. The third-order valence-electron chi connectivity index (χ3n) is 4.80. The maximum atomic E-state index is 12.4. The van der Waals surface area contributed by atoms with Crippen molar-refractivity contribution >= 4 is 17.2 Å². The van der Waals surface area contributed by atoms with Crippen LogP contribution in [0, 0.1) is 0 Å². The number of piperidine rings is 1. The van der Waals surface area contributed by atoms with Crippen LogP contribution in [0.4, 0.5) is 0 Å². The van der Waals surface area contributed by atoms with Gasteiger partial charge in [-0.15, -0.1) is 11.3 Å². The van der Waals surface area contributed by atoms with Gasteiger partial charge in [0.1, 0.15) is 6.61 Å². The Morgan fingerprint density at radius 3 is 2.91 bits per heavy atom. The number of thiazole rings is 1. The van der Waals surface area contributed by atoms with Gasteiger partial charge in [0.25, 0.3) is 0 Å². The van der Waals surface area contributed by atoms with Crippen LogP contribution in [0.25, 0.3) is 0 Å². The first-order chi connectivity index (χ1) is 10.8. The van der Waals surface area contributed by atoms with Gasteiger partial charge < -0.3 is 9.64 Å². The predicted molar refractivity (Wildman–Crippen MR) is 88.3 cm³/mol. The lowest BCUT2D eigenvalue weighted by Crippen LogP contribution is -2.41. The Morgan fingerprint density at radius 1 is 1.36 bits per heavy atom. The summed E-state index contributed by atoms with van der Waals surface area (Å²) in [5.74, 6) is 0.568. The number of nitrogens with zero attached hydrogens (tertiary/aromatic N) is 2. The third kappa shape index (κ3) is 3.87. The Balaban J connectivity index is 1.51. The number of amides is 1. The molecule has 1 aliphatic carbocycles. The number of ether oxygens (including phenoxy) is 1.